The molecule has 0 spiro atoms. The largest absolute Gasteiger partial charge is 0.397 e. The SMILES string of the molecule is CCN(C)CCNS(=O)(=O)c1ccc([N+](=O)[O-])cc1N. The molecular weight excluding hydrogens is 284 g/mol. The number of non-ortho nitro benzene ring substituents is 1. The zero-order chi connectivity index (χ0) is 15.3. The third-order valence-corrected chi connectivity index (χ3v) is 4.35. The molecule has 0 bridgehead atoms. The van der Waals surface area contributed by atoms with Gasteiger partial charge in [0.1, 0.15) is 4.90 Å². The second-order valence-electron chi connectivity index (χ2n) is 4.27. The van der Waals surface area contributed by atoms with Crippen LogP contribution in [0, 0.1) is 10.1 Å². The molecule has 1 aromatic carbocycles. The fraction of sp³-hybridized carbons (Fsp3) is 0.455. The number of sulfonamides is 1. The van der Waals surface area contributed by atoms with Gasteiger partial charge in [0.15, 0.2) is 0 Å². The first-order valence-electron chi connectivity index (χ1n) is 6.00. The van der Waals surface area contributed by atoms with Gasteiger partial charge in [-0.1, -0.05) is 6.92 Å². The van der Waals surface area contributed by atoms with E-state index in [2.05, 4.69) is 4.72 Å². The van der Waals surface area contributed by atoms with E-state index < -0.39 is 14.9 Å². The second kappa shape index (κ2) is 6.64. The first-order chi connectivity index (χ1) is 9.27. The number of hydrogen-bond acceptors (Lipinski definition) is 6. The van der Waals surface area contributed by atoms with Crippen LogP contribution >= 0.6 is 0 Å². The number of nitro benzene ring substituents is 1. The Balaban J connectivity index is 2.85. The van der Waals surface area contributed by atoms with Crippen molar-refractivity contribution in [1.29, 1.82) is 0 Å². The predicted octanol–water partition coefficient (Wildman–Crippen LogP) is 0.407. The molecule has 112 valence electrons. The van der Waals surface area contributed by atoms with Gasteiger partial charge in [-0.25, -0.2) is 13.1 Å². The van der Waals surface area contributed by atoms with Gasteiger partial charge in [0.05, 0.1) is 10.6 Å². The molecule has 0 aliphatic heterocycles. The van der Waals surface area contributed by atoms with Crippen LogP contribution in [0.25, 0.3) is 0 Å². The summed E-state index contributed by atoms with van der Waals surface area (Å²) >= 11 is 0. The second-order valence-corrected chi connectivity index (χ2v) is 6.01. The summed E-state index contributed by atoms with van der Waals surface area (Å²) in [6.45, 7) is 3.57. The van der Waals surface area contributed by atoms with E-state index in [9.17, 15) is 18.5 Å². The van der Waals surface area contributed by atoms with E-state index in [0.717, 1.165) is 24.7 Å². The molecule has 8 nitrogen and oxygen atoms in total. The molecule has 0 fully saturated rings. The Hall–Kier alpha value is -1.71. The lowest BCUT2D eigenvalue weighted by atomic mass is 10.3. The number of anilines is 1. The highest BCUT2D eigenvalue weighted by Crippen LogP contribution is 2.23. The van der Waals surface area contributed by atoms with Crippen molar-refractivity contribution in [2.24, 2.45) is 0 Å². The summed E-state index contributed by atoms with van der Waals surface area (Å²) in [4.78, 5) is 11.7. The van der Waals surface area contributed by atoms with Gasteiger partial charge in [-0.05, 0) is 19.7 Å². The zero-order valence-electron chi connectivity index (χ0n) is 11.4. The van der Waals surface area contributed by atoms with Crippen LogP contribution in [0.2, 0.25) is 0 Å². The summed E-state index contributed by atoms with van der Waals surface area (Å²) < 4.78 is 26.5. The zero-order valence-corrected chi connectivity index (χ0v) is 12.2. The standard InChI is InChI=1S/C11H18N4O4S/c1-3-14(2)7-6-13-20(18,19)11-5-4-9(15(16)17)8-10(11)12/h4-5,8,13H,3,6-7,12H2,1-2H3. The minimum atomic E-state index is -3.76. The molecule has 0 unspecified atom stereocenters. The van der Waals surface area contributed by atoms with Crippen molar-refractivity contribution in [3.05, 3.63) is 28.3 Å². The molecule has 3 N–H and O–H groups in total. The van der Waals surface area contributed by atoms with Crippen molar-refractivity contribution < 1.29 is 13.3 Å². The summed E-state index contributed by atoms with van der Waals surface area (Å²) in [5.41, 5.74) is 5.18. The molecule has 0 atom stereocenters. The van der Waals surface area contributed by atoms with Crippen LogP contribution in [-0.4, -0.2) is 44.9 Å². The molecule has 20 heavy (non-hydrogen) atoms. The van der Waals surface area contributed by atoms with Crippen molar-refractivity contribution in [1.82, 2.24) is 9.62 Å². The molecule has 0 heterocycles. The Labute approximate surface area is 117 Å². The van der Waals surface area contributed by atoms with Crippen LogP contribution < -0.4 is 10.5 Å². The van der Waals surface area contributed by atoms with Crippen molar-refractivity contribution >= 4 is 21.4 Å². The number of nitrogens with one attached hydrogen (secondary N) is 1. The number of nitrogens with two attached hydrogens (primary N) is 1. The molecule has 1 rings (SSSR count). The minimum absolute atomic E-state index is 0.143. The first-order valence-corrected chi connectivity index (χ1v) is 7.48. The Morgan fingerprint density at radius 1 is 1.45 bits per heavy atom. The fourth-order valence-electron chi connectivity index (χ4n) is 1.50. The van der Waals surface area contributed by atoms with Crippen LogP contribution in [0.15, 0.2) is 23.1 Å². The Morgan fingerprint density at radius 3 is 2.60 bits per heavy atom. The summed E-state index contributed by atoms with van der Waals surface area (Å²) in [5.74, 6) is 0. The van der Waals surface area contributed by atoms with E-state index in [4.69, 9.17) is 5.73 Å². The fourth-order valence-corrected chi connectivity index (χ4v) is 2.63. The smallest absolute Gasteiger partial charge is 0.271 e. The highest BCUT2D eigenvalue weighted by molar-refractivity contribution is 7.89. The molecule has 0 radical (unpaired) electrons. The molecule has 0 amide bonds. The van der Waals surface area contributed by atoms with E-state index in [-0.39, 0.29) is 22.8 Å². The Morgan fingerprint density at radius 2 is 2.10 bits per heavy atom. The molecule has 0 aliphatic rings. The lowest BCUT2D eigenvalue weighted by Gasteiger charge is -2.14. The van der Waals surface area contributed by atoms with Gasteiger partial charge in [-0.3, -0.25) is 10.1 Å². The molecule has 1 aromatic rings. The molecule has 9 heteroatoms. The van der Waals surface area contributed by atoms with Crippen molar-refractivity contribution in [3.8, 4) is 0 Å². The van der Waals surface area contributed by atoms with Gasteiger partial charge in [0.2, 0.25) is 10.0 Å². The number of nitrogens with zero attached hydrogens (tertiary/aromatic N) is 2. The number of nitrogen functional groups attached to an aromatic ring is 1. The molecule has 0 saturated heterocycles. The first kappa shape index (κ1) is 16.3. The van der Waals surface area contributed by atoms with E-state index in [0.29, 0.717) is 6.54 Å². The highest BCUT2D eigenvalue weighted by Gasteiger charge is 2.19. The summed E-state index contributed by atoms with van der Waals surface area (Å²) in [7, 11) is -1.89. The van der Waals surface area contributed by atoms with Gasteiger partial charge in [0, 0.05) is 25.2 Å². The van der Waals surface area contributed by atoms with Gasteiger partial charge in [-0.2, -0.15) is 0 Å². The maximum Gasteiger partial charge on any atom is 0.271 e. The van der Waals surface area contributed by atoms with Crippen LogP contribution in [-0.2, 0) is 10.0 Å². The highest BCUT2D eigenvalue weighted by atomic mass is 32.2. The maximum atomic E-state index is 12.0. The van der Waals surface area contributed by atoms with E-state index in [1.54, 1.807) is 0 Å². The van der Waals surface area contributed by atoms with Crippen molar-refractivity contribution in [3.63, 3.8) is 0 Å². The number of likely N-dealkylation sites (N-methyl/N-ethyl adjacent to an activating group) is 1. The number of benzene rings is 1. The van der Waals surface area contributed by atoms with E-state index in [1.807, 2.05) is 18.9 Å². The molecular formula is C11H18N4O4S. The quantitative estimate of drug-likeness (QED) is 0.428. The van der Waals surface area contributed by atoms with Crippen LogP contribution in [0.4, 0.5) is 11.4 Å². The molecule has 0 aromatic heterocycles. The van der Waals surface area contributed by atoms with Crippen LogP contribution in [0.1, 0.15) is 6.92 Å². The Kier molecular flexibility index (Phi) is 5.43. The van der Waals surface area contributed by atoms with Crippen molar-refractivity contribution in [2.75, 3.05) is 32.4 Å². The molecule has 0 saturated carbocycles. The Bertz CT molecular complexity index is 588. The van der Waals surface area contributed by atoms with E-state index in [1.165, 1.54) is 0 Å². The van der Waals surface area contributed by atoms with Gasteiger partial charge in [-0.15, -0.1) is 0 Å². The number of hydrogen-bond donors (Lipinski definition) is 2. The lowest BCUT2D eigenvalue weighted by Crippen LogP contribution is -2.33. The van der Waals surface area contributed by atoms with Gasteiger partial charge in [0.25, 0.3) is 5.69 Å². The maximum absolute atomic E-state index is 12.0. The summed E-state index contributed by atoms with van der Waals surface area (Å²) in [6, 6.07) is 3.29. The third-order valence-electron chi connectivity index (χ3n) is 2.82. The van der Waals surface area contributed by atoms with E-state index >= 15 is 0 Å². The monoisotopic (exact) mass is 302 g/mol. The van der Waals surface area contributed by atoms with Crippen molar-refractivity contribution in [2.45, 2.75) is 11.8 Å². The minimum Gasteiger partial charge on any atom is -0.397 e. The van der Waals surface area contributed by atoms with Gasteiger partial charge < -0.3 is 10.6 Å². The predicted molar refractivity (Wildman–Crippen MR) is 75.9 cm³/mol. The number of nitro groups is 1. The average Bonchev–Trinajstić information content (AvgIpc) is 2.37. The summed E-state index contributed by atoms with van der Waals surface area (Å²) in [6.07, 6.45) is 0. The molecule has 0 aliphatic carbocycles. The van der Waals surface area contributed by atoms with Crippen LogP contribution in [0.5, 0.6) is 0 Å². The average molecular weight is 302 g/mol. The topological polar surface area (TPSA) is 119 Å². The van der Waals surface area contributed by atoms with Gasteiger partial charge >= 0.3 is 0 Å². The van der Waals surface area contributed by atoms with Crippen LogP contribution in [0.3, 0.4) is 0 Å². The lowest BCUT2D eigenvalue weighted by molar-refractivity contribution is -0.384. The summed E-state index contributed by atoms with van der Waals surface area (Å²) in [5, 5.41) is 10.6. The number of rotatable bonds is 7. The normalized spacial score (nSPS) is 11.8. The third kappa shape index (κ3) is 4.15.